The number of aliphatic carboxylic acids is 1. The summed E-state index contributed by atoms with van der Waals surface area (Å²) < 4.78 is 5.04. The SMILES string of the molecule is O=C(N[C@@H](C(=O)O)C1=CCC=CC1)OCc1ccccc1. The summed E-state index contributed by atoms with van der Waals surface area (Å²) in [6.45, 7) is 0.109. The second-order valence-electron chi connectivity index (χ2n) is 4.67. The lowest BCUT2D eigenvalue weighted by Crippen LogP contribution is -2.42. The molecule has 1 aromatic carbocycles. The van der Waals surface area contributed by atoms with Crippen LogP contribution in [-0.2, 0) is 16.1 Å². The molecule has 1 aliphatic carbocycles. The highest BCUT2D eigenvalue weighted by molar-refractivity contribution is 5.83. The predicted molar refractivity (Wildman–Crippen MR) is 77.6 cm³/mol. The van der Waals surface area contributed by atoms with Crippen molar-refractivity contribution in [2.24, 2.45) is 0 Å². The van der Waals surface area contributed by atoms with Crippen LogP contribution in [0.3, 0.4) is 0 Å². The summed E-state index contributed by atoms with van der Waals surface area (Å²) in [6, 6.07) is 8.17. The summed E-state index contributed by atoms with van der Waals surface area (Å²) in [5, 5.41) is 11.6. The highest BCUT2D eigenvalue weighted by Gasteiger charge is 2.24. The van der Waals surface area contributed by atoms with Crippen LogP contribution >= 0.6 is 0 Å². The molecule has 0 aliphatic heterocycles. The van der Waals surface area contributed by atoms with Crippen molar-refractivity contribution < 1.29 is 19.4 Å². The summed E-state index contributed by atoms with van der Waals surface area (Å²) in [5.41, 5.74) is 1.51. The molecule has 1 atom stereocenters. The van der Waals surface area contributed by atoms with Gasteiger partial charge in [-0.25, -0.2) is 9.59 Å². The third-order valence-electron chi connectivity index (χ3n) is 3.13. The van der Waals surface area contributed by atoms with Gasteiger partial charge in [-0.3, -0.25) is 0 Å². The van der Waals surface area contributed by atoms with Gasteiger partial charge < -0.3 is 15.2 Å². The molecule has 2 rings (SSSR count). The molecule has 0 spiro atoms. The quantitative estimate of drug-likeness (QED) is 0.816. The van der Waals surface area contributed by atoms with Crippen LogP contribution in [-0.4, -0.2) is 23.2 Å². The van der Waals surface area contributed by atoms with E-state index >= 15 is 0 Å². The van der Waals surface area contributed by atoms with Gasteiger partial charge in [0.05, 0.1) is 0 Å². The maximum Gasteiger partial charge on any atom is 0.408 e. The highest BCUT2D eigenvalue weighted by atomic mass is 16.5. The van der Waals surface area contributed by atoms with Crippen LogP contribution in [0.4, 0.5) is 4.79 Å². The minimum Gasteiger partial charge on any atom is -0.479 e. The Morgan fingerprint density at radius 3 is 2.62 bits per heavy atom. The van der Waals surface area contributed by atoms with E-state index in [0.29, 0.717) is 18.4 Å². The fraction of sp³-hybridized carbons (Fsp3) is 0.250. The van der Waals surface area contributed by atoms with Gasteiger partial charge in [-0.1, -0.05) is 48.6 Å². The molecule has 1 amide bonds. The number of hydrogen-bond acceptors (Lipinski definition) is 3. The fourth-order valence-electron chi connectivity index (χ4n) is 2.05. The maximum absolute atomic E-state index is 11.7. The van der Waals surface area contributed by atoms with Gasteiger partial charge in [0.15, 0.2) is 6.04 Å². The molecule has 5 heteroatoms. The first-order chi connectivity index (χ1) is 10.2. The Morgan fingerprint density at radius 2 is 2.00 bits per heavy atom. The number of amides is 1. The van der Waals surface area contributed by atoms with E-state index in [9.17, 15) is 14.7 Å². The molecule has 0 radical (unpaired) electrons. The lowest BCUT2D eigenvalue weighted by Gasteiger charge is -2.18. The van der Waals surface area contributed by atoms with Gasteiger partial charge in [0.2, 0.25) is 0 Å². The average molecular weight is 287 g/mol. The highest BCUT2D eigenvalue weighted by Crippen LogP contribution is 2.15. The number of carbonyl (C=O) groups is 2. The van der Waals surface area contributed by atoms with Gasteiger partial charge >= 0.3 is 12.1 Å². The first-order valence-corrected chi connectivity index (χ1v) is 6.71. The minimum atomic E-state index is -1.09. The van der Waals surface area contributed by atoms with E-state index in [-0.39, 0.29) is 6.61 Å². The molecule has 1 aliphatic rings. The lowest BCUT2D eigenvalue weighted by atomic mass is 9.99. The summed E-state index contributed by atoms with van der Waals surface area (Å²) in [7, 11) is 0. The van der Waals surface area contributed by atoms with Crippen LogP contribution in [0.1, 0.15) is 18.4 Å². The van der Waals surface area contributed by atoms with E-state index in [1.807, 2.05) is 48.6 Å². The number of nitrogens with one attached hydrogen (secondary N) is 1. The van der Waals surface area contributed by atoms with Crippen molar-refractivity contribution in [3.05, 3.63) is 59.7 Å². The molecule has 110 valence electrons. The number of alkyl carbamates (subject to hydrolysis) is 1. The fourth-order valence-corrected chi connectivity index (χ4v) is 2.05. The molecule has 2 N–H and O–H groups in total. The van der Waals surface area contributed by atoms with Crippen LogP contribution in [0, 0.1) is 0 Å². The minimum absolute atomic E-state index is 0.109. The molecule has 21 heavy (non-hydrogen) atoms. The maximum atomic E-state index is 11.7. The smallest absolute Gasteiger partial charge is 0.408 e. The number of carbonyl (C=O) groups excluding carboxylic acids is 1. The van der Waals surface area contributed by atoms with E-state index in [1.54, 1.807) is 0 Å². The van der Waals surface area contributed by atoms with Gasteiger partial charge in [0.25, 0.3) is 0 Å². The summed E-state index contributed by atoms with van der Waals surface area (Å²) in [6.07, 6.45) is 6.13. The average Bonchev–Trinajstić information content (AvgIpc) is 2.52. The number of carboxylic acid groups (broad SMARTS) is 1. The molecule has 0 saturated carbocycles. The number of hydrogen-bond donors (Lipinski definition) is 2. The van der Waals surface area contributed by atoms with Crippen LogP contribution in [0.25, 0.3) is 0 Å². The van der Waals surface area contributed by atoms with Gasteiger partial charge in [-0.2, -0.15) is 0 Å². The Hall–Kier alpha value is -2.56. The third-order valence-corrected chi connectivity index (χ3v) is 3.13. The first kappa shape index (κ1) is 14.8. The Bertz CT molecular complexity index is 563. The van der Waals surface area contributed by atoms with Crippen molar-refractivity contribution in [3.63, 3.8) is 0 Å². The summed E-state index contributed by atoms with van der Waals surface area (Å²) >= 11 is 0. The van der Waals surface area contributed by atoms with Crippen molar-refractivity contribution in [2.45, 2.75) is 25.5 Å². The van der Waals surface area contributed by atoms with E-state index in [0.717, 1.165) is 5.56 Å². The molecule has 0 unspecified atom stereocenters. The van der Waals surface area contributed by atoms with E-state index in [4.69, 9.17) is 4.74 Å². The topological polar surface area (TPSA) is 75.6 Å². The number of benzene rings is 1. The molecular formula is C16H17NO4. The van der Waals surface area contributed by atoms with Crippen LogP contribution in [0.15, 0.2) is 54.1 Å². The van der Waals surface area contributed by atoms with Crippen molar-refractivity contribution in [1.29, 1.82) is 0 Å². The van der Waals surface area contributed by atoms with Gasteiger partial charge in [-0.15, -0.1) is 0 Å². The molecule has 0 saturated heterocycles. The Labute approximate surface area is 122 Å². The zero-order valence-electron chi connectivity index (χ0n) is 11.5. The predicted octanol–water partition coefficient (Wildman–Crippen LogP) is 2.64. The lowest BCUT2D eigenvalue weighted by molar-refractivity contribution is -0.138. The summed E-state index contributed by atoms with van der Waals surface area (Å²) in [4.78, 5) is 23.0. The Morgan fingerprint density at radius 1 is 1.24 bits per heavy atom. The van der Waals surface area contributed by atoms with Crippen molar-refractivity contribution >= 4 is 12.1 Å². The first-order valence-electron chi connectivity index (χ1n) is 6.71. The number of rotatable bonds is 5. The van der Waals surface area contributed by atoms with Crippen LogP contribution in [0.5, 0.6) is 0 Å². The zero-order chi connectivity index (χ0) is 15.1. The second-order valence-corrected chi connectivity index (χ2v) is 4.67. The van der Waals surface area contributed by atoms with Gasteiger partial charge in [0.1, 0.15) is 6.61 Å². The molecule has 5 nitrogen and oxygen atoms in total. The van der Waals surface area contributed by atoms with Crippen molar-refractivity contribution in [2.75, 3.05) is 0 Å². The zero-order valence-corrected chi connectivity index (χ0v) is 11.5. The Kier molecular flexibility index (Phi) is 5.15. The molecule has 0 aromatic heterocycles. The van der Waals surface area contributed by atoms with Crippen molar-refractivity contribution in [3.8, 4) is 0 Å². The normalized spacial score (nSPS) is 15.0. The summed E-state index contributed by atoms with van der Waals surface area (Å²) in [5.74, 6) is -1.09. The third kappa shape index (κ3) is 4.49. The van der Waals surface area contributed by atoms with Crippen molar-refractivity contribution in [1.82, 2.24) is 5.32 Å². The second kappa shape index (κ2) is 7.28. The monoisotopic (exact) mass is 287 g/mol. The van der Waals surface area contributed by atoms with E-state index < -0.39 is 18.1 Å². The number of ether oxygens (including phenoxy) is 1. The molecule has 1 aromatic rings. The Balaban J connectivity index is 1.89. The molecule has 0 heterocycles. The number of carboxylic acids is 1. The van der Waals surface area contributed by atoms with Gasteiger partial charge in [-0.05, 0) is 24.0 Å². The molecular weight excluding hydrogens is 270 g/mol. The largest absolute Gasteiger partial charge is 0.479 e. The van der Waals surface area contributed by atoms with Crippen LogP contribution < -0.4 is 5.32 Å². The number of allylic oxidation sites excluding steroid dienone is 3. The standard InChI is InChI=1S/C16H17NO4/c18-15(19)14(13-9-5-2-6-10-13)17-16(20)21-11-12-7-3-1-4-8-12/h1-5,7-8,10,14H,6,9,11H2,(H,17,20)(H,18,19)/t14-/m1/s1. The molecule has 0 fully saturated rings. The molecule has 0 bridgehead atoms. The van der Waals surface area contributed by atoms with E-state index in [1.165, 1.54) is 0 Å². The van der Waals surface area contributed by atoms with E-state index in [2.05, 4.69) is 5.32 Å². The van der Waals surface area contributed by atoms with Crippen LogP contribution in [0.2, 0.25) is 0 Å². The van der Waals surface area contributed by atoms with Gasteiger partial charge in [0, 0.05) is 0 Å².